The molecule has 0 saturated heterocycles. The van der Waals surface area contributed by atoms with Gasteiger partial charge in [0.25, 0.3) is 5.91 Å². The number of benzene rings is 1. The summed E-state index contributed by atoms with van der Waals surface area (Å²) in [6.45, 7) is 0.215. The molecule has 1 amide bonds. The molecule has 1 aromatic heterocycles. The van der Waals surface area contributed by atoms with Crippen molar-refractivity contribution in [2.24, 2.45) is 0 Å². The van der Waals surface area contributed by atoms with Crippen LogP contribution < -0.4 is 5.32 Å². The van der Waals surface area contributed by atoms with Crippen molar-refractivity contribution in [3.8, 4) is 5.69 Å². The van der Waals surface area contributed by atoms with Crippen LogP contribution in [0.15, 0.2) is 36.9 Å². The van der Waals surface area contributed by atoms with E-state index in [1.807, 2.05) is 0 Å². The Morgan fingerprint density at radius 3 is 2.64 bits per heavy atom. The number of nitrogens with zero attached hydrogens (tertiary/aromatic N) is 3. The summed E-state index contributed by atoms with van der Waals surface area (Å²) >= 11 is 0. The molecule has 0 aliphatic rings. The van der Waals surface area contributed by atoms with E-state index in [1.54, 1.807) is 24.3 Å². The fourth-order valence-corrected chi connectivity index (χ4v) is 1.69. The fourth-order valence-electron chi connectivity index (χ4n) is 1.69. The van der Waals surface area contributed by atoms with Crippen molar-refractivity contribution in [2.75, 3.05) is 0 Å². The first-order valence-electron chi connectivity index (χ1n) is 6.24. The van der Waals surface area contributed by atoms with Crippen molar-refractivity contribution in [3.63, 3.8) is 0 Å². The zero-order valence-corrected chi connectivity index (χ0v) is 11.5. The second-order valence-electron chi connectivity index (χ2n) is 4.72. The number of carbonyl (C=O) groups is 1. The van der Waals surface area contributed by atoms with Crippen molar-refractivity contribution in [2.45, 2.75) is 25.2 Å². The molecule has 2 rings (SSSR count). The summed E-state index contributed by atoms with van der Waals surface area (Å²) in [5.41, 5.74) is -2.36. The Morgan fingerprint density at radius 2 is 2.05 bits per heavy atom. The zero-order chi connectivity index (χ0) is 16.4. The van der Waals surface area contributed by atoms with Crippen LogP contribution in [0.2, 0.25) is 0 Å². The number of hydrogen-bond donors (Lipinski definition) is 2. The maximum atomic E-state index is 12.6. The van der Waals surface area contributed by atoms with E-state index in [2.05, 4.69) is 15.4 Å². The quantitative estimate of drug-likeness (QED) is 0.888. The van der Waals surface area contributed by atoms with Gasteiger partial charge in [0.15, 0.2) is 0 Å². The van der Waals surface area contributed by atoms with E-state index < -0.39 is 17.7 Å². The maximum absolute atomic E-state index is 12.6. The number of halogens is 3. The Balaban J connectivity index is 2.15. The first-order valence-corrected chi connectivity index (χ1v) is 6.24. The summed E-state index contributed by atoms with van der Waals surface area (Å²) in [5, 5.41) is 15.3. The molecule has 2 aromatic rings. The second kappa shape index (κ2) is 5.76. The molecule has 22 heavy (non-hydrogen) atoms. The molecule has 1 heterocycles. The summed E-state index contributed by atoms with van der Waals surface area (Å²) in [6, 6.07) is 6.69. The summed E-state index contributed by atoms with van der Waals surface area (Å²) in [7, 11) is 0. The van der Waals surface area contributed by atoms with Crippen LogP contribution in [0.5, 0.6) is 0 Å². The van der Waals surface area contributed by atoms with E-state index in [4.69, 9.17) is 0 Å². The number of carbonyl (C=O) groups excluding carboxylic acids is 1. The van der Waals surface area contributed by atoms with Gasteiger partial charge in [0, 0.05) is 6.54 Å². The molecular formula is C13H13F3N4O2. The van der Waals surface area contributed by atoms with Gasteiger partial charge in [-0.05, 0) is 18.6 Å². The van der Waals surface area contributed by atoms with Gasteiger partial charge < -0.3 is 10.4 Å². The maximum Gasteiger partial charge on any atom is 0.426 e. The van der Waals surface area contributed by atoms with Crippen molar-refractivity contribution in [1.82, 2.24) is 20.1 Å². The Hall–Kier alpha value is -2.42. The van der Waals surface area contributed by atoms with Crippen molar-refractivity contribution >= 4 is 5.91 Å². The van der Waals surface area contributed by atoms with Crippen LogP contribution >= 0.6 is 0 Å². The summed E-state index contributed by atoms with van der Waals surface area (Å²) in [4.78, 5) is 15.3. The molecule has 0 aliphatic carbocycles. The molecule has 1 unspecified atom stereocenters. The van der Waals surface area contributed by atoms with E-state index in [-0.39, 0.29) is 6.54 Å². The van der Waals surface area contributed by atoms with E-state index in [1.165, 1.54) is 17.3 Å². The first kappa shape index (κ1) is 16.0. The smallest absolute Gasteiger partial charge is 0.373 e. The topological polar surface area (TPSA) is 80.0 Å². The lowest BCUT2D eigenvalue weighted by Gasteiger charge is -2.25. The average Bonchev–Trinajstić information content (AvgIpc) is 2.97. The van der Waals surface area contributed by atoms with Crippen LogP contribution in [0.4, 0.5) is 13.2 Å². The lowest BCUT2D eigenvalue weighted by atomic mass is 10.1. The van der Waals surface area contributed by atoms with E-state index >= 15 is 0 Å². The molecule has 6 nitrogen and oxygen atoms in total. The molecule has 9 heteroatoms. The van der Waals surface area contributed by atoms with E-state index in [0.717, 1.165) is 0 Å². The van der Waals surface area contributed by atoms with Gasteiger partial charge >= 0.3 is 6.18 Å². The molecule has 0 aliphatic heterocycles. The van der Waals surface area contributed by atoms with E-state index in [9.17, 15) is 23.1 Å². The number of para-hydroxylation sites is 1. The normalized spacial score (nSPS) is 14.4. The molecule has 0 radical (unpaired) electrons. The third-order valence-electron chi connectivity index (χ3n) is 3.09. The highest BCUT2D eigenvalue weighted by atomic mass is 19.4. The van der Waals surface area contributed by atoms with Crippen molar-refractivity contribution in [3.05, 3.63) is 42.5 Å². The van der Waals surface area contributed by atoms with Gasteiger partial charge in [0.1, 0.15) is 12.7 Å². The van der Waals surface area contributed by atoms with Crippen LogP contribution in [0, 0.1) is 0 Å². The number of alkyl halides is 3. The van der Waals surface area contributed by atoms with Gasteiger partial charge in [-0.3, -0.25) is 4.79 Å². The van der Waals surface area contributed by atoms with Gasteiger partial charge in [-0.1, -0.05) is 18.2 Å². The summed E-state index contributed by atoms with van der Waals surface area (Å²) < 4.78 is 39.2. The monoisotopic (exact) mass is 314 g/mol. The lowest BCUT2D eigenvalue weighted by Crippen LogP contribution is -2.54. The third kappa shape index (κ3) is 3.08. The Labute approximate surface area is 123 Å². The van der Waals surface area contributed by atoms with Crippen LogP contribution in [0.25, 0.3) is 5.69 Å². The van der Waals surface area contributed by atoms with Gasteiger partial charge in [-0.15, -0.1) is 0 Å². The predicted octanol–water partition coefficient (Wildman–Crippen LogP) is 1.20. The number of nitrogens with one attached hydrogen (secondary N) is 1. The largest absolute Gasteiger partial charge is 0.426 e. The molecule has 2 N–H and O–H groups in total. The number of aliphatic hydroxyl groups is 1. The minimum absolute atomic E-state index is 0.193. The molecule has 118 valence electrons. The van der Waals surface area contributed by atoms with Crippen LogP contribution in [-0.4, -0.2) is 37.6 Å². The number of rotatable bonds is 4. The van der Waals surface area contributed by atoms with Gasteiger partial charge in [-0.25, -0.2) is 9.67 Å². The number of amides is 1. The van der Waals surface area contributed by atoms with Crippen molar-refractivity contribution < 1.29 is 23.1 Å². The summed E-state index contributed by atoms with van der Waals surface area (Å²) in [6.07, 6.45) is -2.32. The predicted molar refractivity (Wildman–Crippen MR) is 69.9 cm³/mol. The Morgan fingerprint density at radius 1 is 1.36 bits per heavy atom. The number of hydrogen-bond acceptors (Lipinski definition) is 4. The molecule has 0 fully saturated rings. The molecule has 0 bridgehead atoms. The van der Waals surface area contributed by atoms with Gasteiger partial charge in [-0.2, -0.15) is 18.3 Å². The van der Waals surface area contributed by atoms with Gasteiger partial charge in [0.2, 0.25) is 5.60 Å². The highest BCUT2D eigenvalue weighted by Gasteiger charge is 2.55. The molecule has 0 saturated carbocycles. The first-order chi connectivity index (χ1) is 10.2. The minimum atomic E-state index is -5.05. The molecule has 0 spiro atoms. The highest BCUT2D eigenvalue weighted by Crippen LogP contribution is 2.30. The van der Waals surface area contributed by atoms with Crippen LogP contribution in [-0.2, 0) is 11.3 Å². The van der Waals surface area contributed by atoms with Crippen LogP contribution in [0.1, 0.15) is 12.5 Å². The fraction of sp³-hybridized carbons (Fsp3) is 0.308. The highest BCUT2D eigenvalue weighted by molar-refractivity contribution is 5.85. The van der Waals surface area contributed by atoms with Gasteiger partial charge in [0.05, 0.1) is 5.69 Å². The van der Waals surface area contributed by atoms with Crippen molar-refractivity contribution in [1.29, 1.82) is 0 Å². The third-order valence-corrected chi connectivity index (χ3v) is 3.09. The standard InChI is InChI=1S/C13H13F3N4O2/c1-12(22,13(14,15)16)11(21)18-6-9-4-2-3-5-10(9)20-8-17-7-19-20/h2-5,7-8,22H,6H2,1H3,(H,18,21). The van der Waals surface area contributed by atoms with Crippen LogP contribution in [0.3, 0.4) is 0 Å². The Bertz CT molecular complexity index is 654. The molecule has 1 atom stereocenters. The average molecular weight is 314 g/mol. The zero-order valence-electron chi connectivity index (χ0n) is 11.5. The molecule has 1 aromatic carbocycles. The SMILES string of the molecule is CC(O)(C(=O)NCc1ccccc1-n1cncn1)C(F)(F)F. The number of aromatic nitrogens is 3. The summed E-state index contributed by atoms with van der Waals surface area (Å²) in [5.74, 6) is -1.52. The second-order valence-corrected chi connectivity index (χ2v) is 4.72. The molecular weight excluding hydrogens is 301 g/mol. The van der Waals surface area contributed by atoms with E-state index in [0.29, 0.717) is 18.2 Å². The Kier molecular flexibility index (Phi) is 4.18. The lowest BCUT2D eigenvalue weighted by molar-refractivity contribution is -0.245. The minimum Gasteiger partial charge on any atom is -0.373 e.